The van der Waals surface area contributed by atoms with Crippen LogP contribution in [0.1, 0.15) is 0 Å². The van der Waals surface area contributed by atoms with E-state index in [2.05, 4.69) is 15.6 Å². The molecule has 0 unspecified atom stereocenters. The Morgan fingerprint density at radius 1 is 1.24 bits per heavy atom. The van der Waals surface area contributed by atoms with Gasteiger partial charge in [0.15, 0.2) is 5.58 Å². The minimum Gasteiger partial charge on any atom is -0.431 e. The monoisotopic (exact) mass is 379 g/mol. The molecule has 0 bridgehead atoms. The molecule has 3 rings (SSSR count). The summed E-state index contributed by atoms with van der Waals surface area (Å²) in [5, 5.41) is 5.16. The van der Waals surface area contributed by atoms with E-state index in [0.717, 1.165) is 11.8 Å². The SMILES string of the molecule is O=C(CSc1nc2ccc(Cl)cc2o1)NC(=O)Nc1ccccc1F. The van der Waals surface area contributed by atoms with Crippen LogP contribution in [-0.4, -0.2) is 22.7 Å². The number of oxazole rings is 1. The van der Waals surface area contributed by atoms with Gasteiger partial charge in [0.05, 0.1) is 11.4 Å². The van der Waals surface area contributed by atoms with Gasteiger partial charge >= 0.3 is 6.03 Å². The third-order valence-corrected chi connectivity index (χ3v) is 4.10. The van der Waals surface area contributed by atoms with E-state index in [4.69, 9.17) is 16.0 Å². The smallest absolute Gasteiger partial charge is 0.325 e. The first-order valence-electron chi connectivity index (χ1n) is 7.05. The third-order valence-electron chi connectivity index (χ3n) is 3.03. The molecule has 1 aromatic heterocycles. The molecule has 2 N–H and O–H groups in total. The highest BCUT2D eigenvalue weighted by Crippen LogP contribution is 2.25. The summed E-state index contributed by atoms with van der Waals surface area (Å²) in [5.41, 5.74) is 1.11. The molecule has 0 aliphatic heterocycles. The van der Waals surface area contributed by atoms with Crippen LogP contribution in [0.5, 0.6) is 0 Å². The molecular weight excluding hydrogens is 369 g/mol. The van der Waals surface area contributed by atoms with Gasteiger partial charge in [-0.3, -0.25) is 10.1 Å². The van der Waals surface area contributed by atoms with Crippen molar-refractivity contribution in [2.24, 2.45) is 0 Å². The lowest BCUT2D eigenvalue weighted by Gasteiger charge is -2.06. The van der Waals surface area contributed by atoms with Gasteiger partial charge < -0.3 is 9.73 Å². The van der Waals surface area contributed by atoms with Gasteiger partial charge in [0.2, 0.25) is 5.91 Å². The van der Waals surface area contributed by atoms with Crippen molar-refractivity contribution in [1.29, 1.82) is 0 Å². The molecule has 0 atom stereocenters. The minimum atomic E-state index is -0.819. The molecule has 2 aromatic carbocycles. The number of aromatic nitrogens is 1. The topological polar surface area (TPSA) is 84.2 Å². The van der Waals surface area contributed by atoms with Crippen LogP contribution < -0.4 is 10.6 Å². The van der Waals surface area contributed by atoms with Gasteiger partial charge in [-0.1, -0.05) is 35.5 Å². The number of anilines is 1. The second-order valence-corrected chi connectivity index (χ2v) is 6.23. The van der Waals surface area contributed by atoms with E-state index in [1.165, 1.54) is 18.2 Å². The maximum atomic E-state index is 13.4. The van der Waals surface area contributed by atoms with Crippen LogP contribution in [0.2, 0.25) is 5.02 Å². The van der Waals surface area contributed by atoms with Gasteiger partial charge in [0.1, 0.15) is 11.3 Å². The van der Waals surface area contributed by atoms with E-state index >= 15 is 0 Å². The third kappa shape index (κ3) is 4.49. The molecule has 0 fully saturated rings. The molecule has 0 saturated heterocycles. The van der Waals surface area contributed by atoms with Gasteiger partial charge in [-0.2, -0.15) is 0 Å². The zero-order valence-electron chi connectivity index (χ0n) is 12.6. The number of nitrogens with zero attached hydrogens (tertiary/aromatic N) is 1. The number of halogens is 2. The molecule has 0 aliphatic carbocycles. The standard InChI is InChI=1S/C16H11ClFN3O3S/c17-9-5-6-12-13(7-9)24-16(20-12)25-8-14(22)21-15(23)19-11-4-2-1-3-10(11)18/h1-7H,8H2,(H2,19,21,22,23). The largest absolute Gasteiger partial charge is 0.431 e. The molecule has 128 valence electrons. The summed E-state index contributed by atoms with van der Waals surface area (Å²) in [6, 6.07) is 9.83. The van der Waals surface area contributed by atoms with E-state index in [1.807, 2.05) is 0 Å². The fraction of sp³-hybridized carbons (Fsp3) is 0.0625. The van der Waals surface area contributed by atoms with Gasteiger partial charge in [-0.15, -0.1) is 0 Å². The van der Waals surface area contributed by atoms with E-state index in [9.17, 15) is 14.0 Å². The molecule has 25 heavy (non-hydrogen) atoms. The van der Waals surface area contributed by atoms with Crippen molar-refractivity contribution in [3.63, 3.8) is 0 Å². The quantitative estimate of drug-likeness (QED) is 0.668. The Balaban J connectivity index is 1.53. The second-order valence-electron chi connectivity index (χ2n) is 4.86. The van der Waals surface area contributed by atoms with Crippen LogP contribution in [-0.2, 0) is 4.79 Å². The average Bonchev–Trinajstić information content (AvgIpc) is 2.97. The van der Waals surface area contributed by atoms with Crippen LogP contribution in [0, 0.1) is 5.82 Å². The Labute approximate surface area is 150 Å². The predicted molar refractivity (Wildman–Crippen MR) is 93.3 cm³/mol. The number of nitrogens with one attached hydrogen (secondary N) is 2. The zero-order valence-corrected chi connectivity index (χ0v) is 14.2. The number of para-hydroxylation sites is 1. The fourth-order valence-corrected chi connectivity index (χ4v) is 2.75. The number of urea groups is 1. The number of fused-ring (bicyclic) bond motifs is 1. The molecule has 3 aromatic rings. The predicted octanol–water partition coefficient (Wildman–Crippen LogP) is 4.06. The van der Waals surface area contributed by atoms with Crippen molar-refractivity contribution in [2.75, 3.05) is 11.1 Å². The number of hydrogen-bond donors (Lipinski definition) is 2. The number of hydrogen-bond acceptors (Lipinski definition) is 5. The summed E-state index contributed by atoms with van der Waals surface area (Å²) in [6.45, 7) is 0. The first kappa shape index (κ1) is 17.2. The van der Waals surface area contributed by atoms with Crippen molar-refractivity contribution in [3.05, 3.63) is 53.3 Å². The van der Waals surface area contributed by atoms with Gasteiger partial charge in [0.25, 0.3) is 5.22 Å². The van der Waals surface area contributed by atoms with Crippen LogP contribution in [0.25, 0.3) is 11.1 Å². The van der Waals surface area contributed by atoms with Gasteiger partial charge in [-0.25, -0.2) is 14.2 Å². The molecule has 1 heterocycles. The summed E-state index contributed by atoms with van der Waals surface area (Å²) >= 11 is 6.89. The average molecular weight is 380 g/mol. The number of imide groups is 1. The molecular formula is C16H11ClFN3O3S. The molecule has 0 radical (unpaired) electrons. The highest BCUT2D eigenvalue weighted by molar-refractivity contribution is 7.99. The van der Waals surface area contributed by atoms with E-state index < -0.39 is 17.8 Å². The van der Waals surface area contributed by atoms with Crippen molar-refractivity contribution < 1.29 is 18.4 Å². The van der Waals surface area contributed by atoms with E-state index in [1.54, 1.807) is 24.3 Å². The number of benzene rings is 2. The highest BCUT2D eigenvalue weighted by Gasteiger charge is 2.13. The number of carbonyl (C=O) groups is 2. The van der Waals surface area contributed by atoms with Gasteiger partial charge in [0, 0.05) is 11.1 Å². The van der Waals surface area contributed by atoms with Crippen molar-refractivity contribution in [2.45, 2.75) is 5.22 Å². The Morgan fingerprint density at radius 3 is 2.84 bits per heavy atom. The maximum Gasteiger partial charge on any atom is 0.325 e. The summed E-state index contributed by atoms with van der Waals surface area (Å²) in [7, 11) is 0. The first-order valence-corrected chi connectivity index (χ1v) is 8.42. The molecule has 3 amide bonds. The molecule has 9 heteroatoms. The first-order chi connectivity index (χ1) is 12.0. The number of carbonyl (C=O) groups excluding carboxylic acids is 2. The van der Waals surface area contributed by atoms with Gasteiger partial charge in [-0.05, 0) is 24.3 Å². The van der Waals surface area contributed by atoms with Crippen LogP contribution in [0.15, 0.2) is 52.1 Å². The van der Waals surface area contributed by atoms with Crippen molar-refractivity contribution in [3.8, 4) is 0 Å². The van der Waals surface area contributed by atoms with Crippen LogP contribution in [0.4, 0.5) is 14.9 Å². The lowest BCUT2D eigenvalue weighted by Crippen LogP contribution is -2.35. The molecule has 0 saturated carbocycles. The van der Waals surface area contributed by atoms with E-state index in [0.29, 0.717) is 16.1 Å². The summed E-state index contributed by atoms with van der Waals surface area (Å²) in [6.07, 6.45) is 0. The normalized spacial score (nSPS) is 10.6. The fourth-order valence-electron chi connectivity index (χ4n) is 1.95. The van der Waals surface area contributed by atoms with Crippen molar-refractivity contribution >= 4 is 52.1 Å². The van der Waals surface area contributed by atoms with E-state index in [-0.39, 0.29) is 16.7 Å². The number of rotatable bonds is 4. The zero-order chi connectivity index (χ0) is 17.8. The number of thioether (sulfide) groups is 1. The Kier molecular flexibility index (Phi) is 5.20. The Hall–Kier alpha value is -2.58. The minimum absolute atomic E-state index is 0.0173. The summed E-state index contributed by atoms with van der Waals surface area (Å²) in [4.78, 5) is 27.7. The lowest BCUT2D eigenvalue weighted by molar-refractivity contribution is -0.117. The number of amides is 3. The molecule has 0 aliphatic rings. The van der Waals surface area contributed by atoms with Crippen LogP contribution >= 0.6 is 23.4 Å². The Morgan fingerprint density at radius 2 is 2.04 bits per heavy atom. The molecule has 6 nitrogen and oxygen atoms in total. The Bertz CT molecular complexity index is 947. The summed E-state index contributed by atoms with van der Waals surface area (Å²) < 4.78 is 18.9. The second kappa shape index (κ2) is 7.54. The lowest BCUT2D eigenvalue weighted by atomic mass is 10.3. The maximum absolute atomic E-state index is 13.4. The summed E-state index contributed by atoms with van der Waals surface area (Å²) in [5.74, 6) is -1.26. The molecule has 0 spiro atoms. The van der Waals surface area contributed by atoms with Crippen LogP contribution in [0.3, 0.4) is 0 Å². The highest BCUT2D eigenvalue weighted by atomic mass is 35.5. The van der Waals surface area contributed by atoms with Crippen molar-refractivity contribution in [1.82, 2.24) is 10.3 Å².